The molecule has 0 aromatic heterocycles. The van der Waals surface area contributed by atoms with Crippen LogP contribution in [0.4, 0.5) is 16.2 Å². The molecule has 1 saturated heterocycles. The molecule has 0 saturated carbocycles. The highest BCUT2D eigenvalue weighted by atomic mass is 35.5. The number of hydrogen-bond acceptors (Lipinski definition) is 5. The molecule has 1 aliphatic heterocycles. The van der Waals surface area contributed by atoms with Gasteiger partial charge in [-0.15, -0.1) is 0 Å². The van der Waals surface area contributed by atoms with Crippen molar-refractivity contribution in [1.82, 2.24) is 0 Å². The summed E-state index contributed by atoms with van der Waals surface area (Å²) in [7, 11) is 1.45. The van der Waals surface area contributed by atoms with Crippen molar-refractivity contribution in [3.8, 4) is 11.5 Å². The van der Waals surface area contributed by atoms with Gasteiger partial charge >= 0.3 is 6.03 Å². The number of urea groups is 1. The van der Waals surface area contributed by atoms with E-state index in [9.17, 15) is 14.4 Å². The van der Waals surface area contributed by atoms with Crippen LogP contribution in [0.1, 0.15) is 5.56 Å². The van der Waals surface area contributed by atoms with Gasteiger partial charge in [0.15, 0.2) is 11.5 Å². The maximum absolute atomic E-state index is 13.5. The van der Waals surface area contributed by atoms with Crippen LogP contribution in [0.5, 0.6) is 11.5 Å². The Labute approximate surface area is 207 Å². The van der Waals surface area contributed by atoms with E-state index in [1.807, 2.05) is 0 Å². The molecule has 0 spiro atoms. The molecule has 0 unspecified atom stereocenters. The number of para-hydroxylation sites is 2. The molecule has 176 valence electrons. The number of nitrogens with zero attached hydrogens (tertiary/aromatic N) is 2. The highest BCUT2D eigenvalue weighted by Gasteiger charge is 2.43. The van der Waals surface area contributed by atoms with Crippen LogP contribution in [0.25, 0.3) is 6.08 Å². The van der Waals surface area contributed by atoms with Gasteiger partial charge < -0.3 is 9.47 Å². The SMILES string of the molecule is C=CCOc1c(Cl)cc(C=C2C(=O)N(c3ccccc3)C(=O)N(c3ccccc3)C2=O)cc1OC. The third-order valence-electron chi connectivity index (χ3n) is 5.19. The lowest BCUT2D eigenvalue weighted by Crippen LogP contribution is -2.57. The summed E-state index contributed by atoms with van der Waals surface area (Å²) in [5, 5.41) is 0.227. The van der Waals surface area contributed by atoms with Gasteiger partial charge in [0, 0.05) is 0 Å². The number of ether oxygens (including phenoxy) is 2. The summed E-state index contributed by atoms with van der Waals surface area (Å²) in [6.07, 6.45) is 2.95. The van der Waals surface area contributed by atoms with Gasteiger partial charge in [-0.25, -0.2) is 14.6 Å². The summed E-state index contributed by atoms with van der Waals surface area (Å²) in [6, 6.07) is 19.2. The Morgan fingerprint density at radius 2 is 1.43 bits per heavy atom. The zero-order chi connectivity index (χ0) is 24.9. The quantitative estimate of drug-likeness (QED) is 0.249. The van der Waals surface area contributed by atoms with Crippen LogP contribution in [0.15, 0.2) is 91.0 Å². The molecule has 3 aromatic rings. The number of rotatable bonds is 7. The van der Waals surface area contributed by atoms with Gasteiger partial charge in [-0.05, 0) is 48.0 Å². The Morgan fingerprint density at radius 1 is 0.886 bits per heavy atom. The fourth-order valence-electron chi connectivity index (χ4n) is 3.61. The van der Waals surface area contributed by atoms with Crippen molar-refractivity contribution in [2.45, 2.75) is 0 Å². The van der Waals surface area contributed by atoms with Crippen LogP contribution in [-0.2, 0) is 9.59 Å². The molecule has 1 aliphatic rings. The van der Waals surface area contributed by atoms with Crippen molar-refractivity contribution in [1.29, 1.82) is 0 Å². The molecule has 4 amide bonds. The molecule has 0 bridgehead atoms. The fraction of sp³-hybridized carbons (Fsp3) is 0.0741. The molecule has 1 fully saturated rings. The van der Waals surface area contributed by atoms with Crippen LogP contribution in [0, 0.1) is 0 Å². The van der Waals surface area contributed by atoms with Crippen molar-refractivity contribution in [2.75, 3.05) is 23.5 Å². The summed E-state index contributed by atoms with van der Waals surface area (Å²) in [4.78, 5) is 42.2. The van der Waals surface area contributed by atoms with Gasteiger partial charge in [-0.2, -0.15) is 0 Å². The van der Waals surface area contributed by atoms with Crippen molar-refractivity contribution < 1.29 is 23.9 Å². The van der Waals surface area contributed by atoms with Crippen molar-refractivity contribution in [2.24, 2.45) is 0 Å². The minimum absolute atomic E-state index is 0.213. The normalized spacial score (nSPS) is 13.7. The molecule has 3 aromatic carbocycles. The van der Waals surface area contributed by atoms with Crippen LogP contribution in [-0.4, -0.2) is 31.6 Å². The van der Waals surface area contributed by atoms with E-state index in [0.717, 1.165) is 9.80 Å². The second kappa shape index (κ2) is 10.3. The molecule has 4 rings (SSSR count). The Balaban J connectivity index is 1.84. The fourth-order valence-corrected chi connectivity index (χ4v) is 3.88. The van der Waals surface area contributed by atoms with Crippen molar-refractivity contribution >= 4 is 46.9 Å². The third kappa shape index (κ3) is 4.67. The molecule has 0 atom stereocenters. The molecule has 7 nitrogen and oxygen atoms in total. The van der Waals surface area contributed by atoms with Crippen LogP contribution in [0.2, 0.25) is 5.02 Å². The molecular weight excluding hydrogens is 468 g/mol. The van der Waals surface area contributed by atoms with E-state index in [-0.39, 0.29) is 17.2 Å². The van der Waals surface area contributed by atoms with Crippen LogP contribution in [0.3, 0.4) is 0 Å². The number of methoxy groups -OCH3 is 1. The van der Waals surface area contributed by atoms with Gasteiger partial charge in [-0.3, -0.25) is 9.59 Å². The van der Waals surface area contributed by atoms with Gasteiger partial charge in [0.25, 0.3) is 11.8 Å². The van der Waals surface area contributed by atoms with E-state index in [1.54, 1.807) is 78.9 Å². The lowest BCUT2D eigenvalue weighted by atomic mass is 10.0. The Bertz CT molecular complexity index is 1260. The second-order valence-corrected chi connectivity index (χ2v) is 7.83. The number of benzene rings is 3. The second-order valence-electron chi connectivity index (χ2n) is 7.43. The maximum Gasteiger partial charge on any atom is 0.343 e. The Kier molecular flexibility index (Phi) is 6.98. The van der Waals surface area contributed by atoms with E-state index in [2.05, 4.69) is 6.58 Å². The van der Waals surface area contributed by atoms with Gasteiger partial charge in [0.05, 0.1) is 23.5 Å². The zero-order valence-electron chi connectivity index (χ0n) is 18.8. The van der Waals surface area contributed by atoms with E-state index in [1.165, 1.54) is 13.2 Å². The highest BCUT2D eigenvalue weighted by molar-refractivity contribution is 6.46. The van der Waals surface area contributed by atoms with Crippen LogP contribution < -0.4 is 19.3 Å². The summed E-state index contributed by atoms with van der Waals surface area (Å²) in [5.74, 6) is -0.872. The number of carbonyl (C=O) groups excluding carboxylic acids is 3. The van der Waals surface area contributed by atoms with E-state index >= 15 is 0 Å². The Hall–Kier alpha value is -4.36. The summed E-state index contributed by atoms with van der Waals surface area (Å²) >= 11 is 6.40. The summed E-state index contributed by atoms with van der Waals surface area (Å²) in [6.45, 7) is 3.83. The number of carbonyl (C=O) groups is 3. The first-order valence-electron chi connectivity index (χ1n) is 10.6. The van der Waals surface area contributed by atoms with Gasteiger partial charge in [0.2, 0.25) is 0 Å². The average molecular weight is 489 g/mol. The zero-order valence-corrected chi connectivity index (χ0v) is 19.6. The summed E-state index contributed by atoms with van der Waals surface area (Å²) < 4.78 is 11.0. The lowest BCUT2D eigenvalue weighted by Gasteiger charge is -2.34. The van der Waals surface area contributed by atoms with E-state index < -0.39 is 17.8 Å². The minimum Gasteiger partial charge on any atom is -0.493 e. The van der Waals surface area contributed by atoms with Crippen molar-refractivity contribution in [3.63, 3.8) is 0 Å². The minimum atomic E-state index is -0.765. The number of barbiturate groups is 1. The first-order valence-corrected chi connectivity index (χ1v) is 11.0. The highest BCUT2D eigenvalue weighted by Crippen LogP contribution is 2.38. The number of halogens is 1. The predicted molar refractivity (Wildman–Crippen MR) is 135 cm³/mol. The topological polar surface area (TPSA) is 76.2 Å². The molecule has 1 heterocycles. The number of amides is 4. The first kappa shape index (κ1) is 23.8. The largest absolute Gasteiger partial charge is 0.493 e. The van der Waals surface area contributed by atoms with Gasteiger partial charge in [0.1, 0.15) is 12.2 Å². The maximum atomic E-state index is 13.5. The average Bonchev–Trinajstić information content (AvgIpc) is 2.87. The van der Waals surface area contributed by atoms with Gasteiger partial charge in [-0.1, -0.05) is 60.7 Å². The Morgan fingerprint density at radius 3 is 1.91 bits per heavy atom. The lowest BCUT2D eigenvalue weighted by molar-refractivity contribution is -0.121. The summed E-state index contributed by atoms with van der Waals surface area (Å²) in [5.41, 5.74) is 0.885. The molecule has 8 heteroatoms. The number of hydrogen-bond donors (Lipinski definition) is 0. The molecular formula is C27H21ClN2O5. The van der Waals surface area contributed by atoms with Crippen molar-refractivity contribution in [3.05, 3.63) is 102 Å². The van der Waals surface area contributed by atoms with Crippen LogP contribution >= 0.6 is 11.6 Å². The van der Waals surface area contributed by atoms with E-state index in [4.69, 9.17) is 21.1 Å². The first-order chi connectivity index (χ1) is 17.0. The molecule has 0 aliphatic carbocycles. The third-order valence-corrected chi connectivity index (χ3v) is 5.47. The standard InChI is InChI=1S/C27H21ClN2O5/c1-3-14-35-24-22(28)16-18(17-23(24)34-2)15-21-25(31)29(19-10-6-4-7-11-19)27(33)30(26(21)32)20-12-8-5-9-13-20/h3-13,15-17H,1,14H2,2H3. The van der Waals surface area contributed by atoms with E-state index in [0.29, 0.717) is 28.4 Å². The number of imide groups is 2. The predicted octanol–water partition coefficient (Wildman–Crippen LogP) is 5.50. The monoisotopic (exact) mass is 488 g/mol. The molecule has 0 radical (unpaired) electrons. The smallest absolute Gasteiger partial charge is 0.343 e. The molecule has 0 N–H and O–H groups in total. The molecule has 35 heavy (non-hydrogen) atoms. The number of anilines is 2.